The first kappa shape index (κ1) is 21.1. The number of ketones is 1. The Kier molecular flexibility index (Phi) is 10.5. The Morgan fingerprint density at radius 1 is 0.920 bits per heavy atom. The van der Waals surface area contributed by atoms with Crippen molar-refractivity contribution in [3.8, 4) is 5.75 Å². The third kappa shape index (κ3) is 8.10. The van der Waals surface area contributed by atoms with E-state index in [4.69, 9.17) is 4.74 Å². The highest BCUT2D eigenvalue weighted by Gasteiger charge is 2.13. The highest BCUT2D eigenvalue weighted by Crippen LogP contribution is 2.21. The van der Waals surface area contributed by atoms with Crippen molar-refractivity contribution in [1.29, 1.82) is 0 Å². The zero-order valence-corrected chi connectivity index (χ0v) is 15.5. The average Bonchev–Trinajstić information content (AvgIpc) is 2.62. The predicted molar refractivity (Wildman–Crippen MR) is 99.3 cm³/mol. The number of carbonyl (C=O) groups excluding carboxylic acids is 3. The molecule has 1 aromatic rings. The number of rotatable bonds is 13. The Bertz CT molecular complexity index is 563. The summed E-state index contributed by atoms with van der Waals surface area (Å²) in [7, 11) is 0. The van der Waals surface area contributed by atoms with Crippen LogP contribution in [0.25, 0.3) is 0 Å². The number of Topliss-reactive ketones (excluding diaryl/α,β-unsaturated/α-hetero) is 1. The van der Waals surface area contributed by atoms with E-state index in [-0.39, 0.29) is 23.1 Å². The number of hydrogen-bond donors (Lipinski definition) is 0. The molecule has 0 atom stereocenters. The standard InChI is InChI=1S/C21H30O4/c1-3-5-7-8-10-11-19(23)17-13-14-20(18(15-17)16-22)25-21(24)12-9-6-4-2/h13-16H,3-12H2,1-2H3. The molecule has 25 heavy (non-hydrogen) atoms. The molecule has 0 bridgehead atoms. The van der Waals surface area contributed by atoms with Crippen LogP contribution in [0.1, 0.15) is 98.8 Å². The van der Waals surface area contributed by atoms with E-state index in [1.165, 1.54) is 18.9 Å². The van der Waals surface area contributed by atoms with Crippen molar-refractivity contribution in [1.82, 2.24) is 0 Å². The third-order valence-corrected chi connectivity index (χ3v) is 4.17. The van der Waals surface area contributed by atoms with E-state index >= 15 is 0 Å². The highest BCUT2D eigenvalue weighted by atomic mass is 16.5. The van der Waals surface area contributed by atoms with Crippen LogP contribution >= 0.6 is 0 Å². The molecule has 0 amide bonds. The molecule has 0 N–H and O–H groups in total. The molecule has 0 fully saturated rings. The van der Waals surface area contributed by atoms with Crippen LogP contribution in [-0.4, -0.2) is 18.0 Å². The topological polar surface area (TPSA) is 60.4 Å². The van der Waals surface area contributed by atoms with Crippen molar-refractivity contribution in [2.45, 2.75) is 78.1 Å². The molecule has 0 unspecified atom stereocenters. The van der Waals surface area contributed by atoms with Crippen LogP contribution in [0.5, 0.6) is 5.75 Å². The SMILES string of the molecule is CCCCCCCC(=O)c1ccc(OC(=O)CCCCC)c(C=O)c1. The first-order valence-corrected chi connectivity index (χ1v) is 9.45. The fraction of sp³-hybridized carbons (Fsp3) is 0.571. The molecule has 0 radical (unpaired) electrons. The van der Waals surface area contributed by atoms with E-state index in [1.54, 1.807) is 12.1 Å². The number of hydrogen-bond acceptors (Lipinski definition) is 4. The molecular weight excluding hydrogens is 316 g/mol. The van der Waals surface area contributed by atoms with E-state index in [0.29, 0.717) is 24.7 Å². The fourth-order valence-corrected chi connectivity index (χ4v) is 2.63. The van der Waals surface area contributed by atoms with Crippen molar-refractivity contribution < 1.29 is 19.1 Å². The summed E-state index contributed by atoms with van der Waals surface area (Å²) in [5.74, 6) is -0.0806. The summed E-state index contributed by atoms with van der Waals surface area (Å²) in [5, 5.41) is 0. The highest BCUT2D eigenvalue weighted by molar-refractivity contribution is 5.98. The summed E-state index contributed by atoms with van der Waals surface area (Å²) < 4.78 is 5.26. The average molecular weight is 346 g/mol. The Balaban J connectivity index is 2.60. The monoisotopic (exact) mass is 346 g/mol. The van der Waals surface area contributed by atoms with E-state index in [9.17, 15) is 14.4 Å². The first-order valence-electron chi connectivity index (χ1n) is 9.45. The van der Waals surface area contributed by atoms with Gasteiger partial charge in [-0.25, -0.2) is 0 Å². The predicted octanol–water partition coefficient (Wildman–Crippen LogP) is 5.53. The van der Waals surface area contributed by atoms with Gasteiger partial charge in [0, 0.05) is 18.4 Å². The molecule has 1 rings (SSSR count). The molecule has 0 spiro atoms. The second-order valence-electron chi connectivity index (χ2n) is 6.39. The summed E-state index contributed by atoms with van der Waals surface area (Å²) >= 11 is 0. The quantitative estimate of drug-likeness (QED) is 0.155. The lowest BCUT2D eigenvalue weighted by atomic mass is 10.0. The zero-order chi connectivity index (χ0) is 18.5. The van der Waals surface area contributed by atoms with Gasteiger partial charge in [0.05, 0.1) is 5.56 Å². The van der Waals surface area contributed by atoms with E-state index in [2.05, 4.69) is 13.8 Å². The number of ether oxygens (including phenoxy) is 1. The Hall–Kier alpha value is -1.97. The summed E-state index contributed by atoms with van der Waals surface area (Å²) in [4.78, 5) is 35.3. The molecule has 4 heteroatoms. The maximum absolute atomic E-state index is 12.2. The number of benzene rings is 1. The van der Waals surface area contributed by atoms with Crippen molar-refractivity contribution >= 4 is 18.0 Å². The molecule has 138 valence electrons. The van der Waals surface area contributed by atoms with E-state index in [0.717, 1.165) is 38.5 Å². The number of carbonyl (C=O) groups is 3. The molecule has 0 aromatic heterocycles. The Morgan fingerprint density at radius 3 is 2.24 bits per heavy atom. The van der Waals surface area contributed by atoms with Gasteiger partial charge in [-0.05, 0) is 31.0 Å². The molecule has 1 aromatic carbocycles. The van der Waals surface area contributed by atoms with Gasteiger partial charge in [-0.15, -0.1) is 0 Å². The summed E-state index contributed by atoms with van der Waals surface area (Å²) in [6.45, 7) is 4.22. The first-order chi connectivity index (χ1) is 12.1. The fourth-order valence-electron chi connectivity index (χ4n) is 2.63. The largest absolute Gasteiger partial charge is 0.426 e. The lowest BCUT2D eigenvalue weighted by Crippen LogP contribution is -2.10. The van der Waals surface area contributed by atoms with Crippen LogP contribution in [0, 0.1) is 0 Å². The molecule has 0 aliphatic carbocycles. The number of aldehydes is 1. The van der Waals surface area contributed by atoms with Crippen molar-refractivity contribution in [2.75, 3.05) is 0 Å². The lowest BCUT2D eigenvalue weighted by Gasteiger charge is -2.08. The molecule has 0 aliphatic rings. The van der Waals surface area contributed by atoms with Crippen molar-refractivity contribution in [2.24, 2.45) is 0 Å². The lowest BCUT2D eigenvalue weighted by molar-refractivity contribution is -0.134. The summed E-state index contributed by atoms with van der Waals surface area (Å²) in [6, 6.07) is 4.71. The minimum absolute atomic E-state index is 0.0282. The van der Waals surface area contributed by atoms with Crippen LogP contribution in [0.4, 0.5) is 0 Å². The minimum Gasteiger partial charge on any atom is -0.426 e. The second kappa shape index (κ2) is 12.4. The van der Waals surface area contributed by atoms with Crippen molar-refractivity contribution in [3.63, 3.8) is 0 Å². The molecule has 0 aliphatic heterocycles. The van der Waals surface area contributed by atoms with Gasteiger partial charge in [0.2, 0.25) is 0 Å². The summed E-state index contributed by atoms with van der Waals surface area (Å²) in [5.41, 5.74) is 0.754. The van der Waals surface area contributed by atoms with E-state index in [1.807, 2.05) is 0 Å². The molecule has 4 nitrogen and oxygen atoms in total. The van der Waals surface area contributed by atoms with Gasteiger partial charge < -0.3 is 4.74 Å². The zero-order valence-electron chi connectivity index (χ0n) is 15.5. The van der Waals surface area contributed by atoms with Gasteiger partial charge in [-0.3, -0.25) is 14.4 Å². The third-order valence-electron chi connectivity index (χ3n) is 4.17. The molecular formula is C21H30O4. The van der Waals surface area contributed by atoms with Crippen molar-refractivity contribution in [3.05, 3.63) is 29.3 Å². The molecule has 0 saturated heterocycles. The van der Waals surface area contributed by atoms with Crippen LogP contribution < -0.4 is 4.74 Å². The maximum atomic E-state index is 12.2. The van der Waals surface area contributed by atoms with E-state index < -0.39 is 0 Å². The molecule has 0 heterocycles. The van der Waals surface area contributed by atoms with Gasteiger partial charge in [-0.1, -0.05) is 52.4 Å². The van der Waals surface area contributed by atoms with Gasteiger partial charge in [0.25, 0.3) is 0 Å². The summed E-state index contributed by atoms with van der Waals surface area (Å²) in [6.07, 6.45) is 9.67. The van der Waals surface area contributed by atoms with Crippen LogP contribution in [0.15, 0.2) is 18.2 Å². The molecule has 0 saturated carbocycles. The van der Waals surface area contributed by atoms with Gasteiger partial charge >= 0.3 is 5.97 Å². The second-order valence-corrected chi connectivity index (χ2v) is 6.39. The number of esters is 1. The van der Waals surface area contributed by atoms with Gasteiger partial charge in [-0.2, -0.15) is 0 Å². The Morgan fingerprint density at radius 2 is 1.56 bits per heavy atom. The number of unbranched alkanes of at least 4 members (excludes halogenated alkanes) is 6. The normalized spacial score (nSPS) is 10.5. The van der Waals surface area contributed by atoms with Crippen LogP contribution in [0.3, 0.4) is 0 Å². The van der Waals surface area contributed by atoms with Crippen LogP contribution in [-0.2, 0) is 4.79 Å². The Labute approximate surface area is 151 Å². The van der Waals surface area contributed by atoms with Gasteiger partial charge in [0.1, 0.15) is 5.75 Å². The smallest absolute Gasteiger partial charge is 0.311 e. The van der Waals surface area contributed by atoms with Crippen LogP contribution in [0.2, 0.25) is 0 Å². The maximum Gasteiger partial charge on any atom is 0.311 e. The van der Waals surface area contributed by atoms with Gasteiger partial charge in [0.15, 0.2) is 12.1 Å². The minimum atomic E-state index is -0.341.